The molecule has 2 rings (SSSR count). The van der Waals surface area contributed by atoms with E-state index in [1.54, 1.807) is 11.0 Å². The molecule has 1 aliphatic heterocycles. The second-order valence-corrected chi connectivity index (χ2v) is 6.72. The molecule has 0 radical (unpaired) electrons. The van der Waals surface area contributed by atoms with E-state index in [1.807, 2.05) is 6.07 Å². The van der Waals surface area contributed by atoms with Crippen LogP contribution in [0, 0.1) is 5.92 Å². The maximum atomic E-state index is 12.0. The topological polar surface area (TPSA) is 69.6 Å². The second kappa shape index (κ2) is 6.95. The summed E-state index contributed by atoms with van der Waals surface area (Å²) in [5.74, 6) is -0.742. The van der Waals surface area contributed by atoms with Gasteiger partial charge in [-0.25, -0.2) is 4.79 Å². The molecule has 1 aliphatic rings. The molecule has 1 atom stereocenters. The normalized spacial score (nSPS) is 18.9. The Kier molecular flexibility index (Phi) is 5.25. The Labute approximate surface area is 126 Å². The highest BCUT2D eigenvalue weighted by Gasteiger charge is 2.25. The van der Waals surface area contributed by atoms with Gasteiger partial charge in [0.05, 0.1) is 10.9 Å². The highest BCUT2D eigenvalue weighted by atomic mass is 35.5. The number of carbonyl (C=O) groups excluding carboxylic acids is 1. The molecular weight excluding hydrogens is 300 g/mol. The van der Waals surface area contributed by atoms with E-state index in [-0.39, 0.29) is 18.4 Å². The van der Waals surface area contributed by atoms with E-state index in [0.717, 1.165) is 17.7 Å². The van der Waals surface area contributed by atoms with Gasteiger partial charge in [0.15, 0.2) is 0 Å². The summed E-state index contributed by atoms with van der Waals surface area (Å²) >= 11 is 7.27. The number of aliphatic carboxylic acids is 1. The predicted octanol–water partition coefficient (Wildman–Crippen LogP) is 2.80. The van der Waals surface area contributed by atoms with Crippen molar-refractivity contribution in [1.82, 2.24) is 10.2 Å². The third kappa shape index (κ3) is 4.38. The van der Waals surface area contributed by atoms with E-state index in [4.69, 9.17) is 16.7 Å². The van der Waals surface area contributed by atoms with Crippen molar-refractivity contribution in [1.29, 1.82) is 0 Å². The summed E-state index contributed by atoms with van der Waals surface area (Å²) in [5, 5.41) is 11.7. The highest BCUT2D eigenvalue weighted by molar-refractivity contribution is 7.16. The van der Waals surface area contributed by atoms with Gasteiger partial charge in [-0.2, -0.15) is 0 Å². The maximum Gasteiger partial charge on any atom is 0.317 e. The SMILES string of the molecule is O=C(O)CC1CCCN(C(=O)NCc2ccc(Cl)s2)C1. The number of nitrogens with zero attached hydrogens (tertiary/aromatic N) is 1. The van der Waals surface area contributed by atoms with Crippen LogP contribution in [0.3, 0.4) is 0 Å². The minimum absolute atomic E-state index is 0.0585. The van der Waals surface area contributed by atoms with Crippen molar-refractivity contribution in [3.8, 4) is 0 Å². The lowest BCUT2D eigenvalue weighted by atomic mass is 9.95. The molecule has 20 heavy (non-hydrogen) atoms. The van der Waals surface area contributed by atoms with Crippen LogP contribution in [-0.4, -0.2) is 35.1 Å². The zero-order chi connectivity index (χ0) is 14.5. The van der Waals surface area contributed by atoms with Crippen molar-refractivity contribution in [3.05, 3.63) is 21.3 Å². The van der Waals surface area contributed by atoms with Gasteiger partial charge in [0, 0.05) is 24.4 Å². The molecule has 0 aliphatic carbocycles. The number of thiophene rings is 1. The van der Waals surface area contributed by atoms with Crippen molar-refractivity contribution in [2.75, 3.05) is 13.1 Å². The summed E-state index contributed by atoms with van der Waals surface area (Å²) in [6.07, 6.45) is 1.86. The summed E-state index contributed by atoms with van der Waals surface area (Å²) in [6, 6.07) is 3.55. The van der Waals surface area contributed by atoms with Gasteiger partial charge in [-0.3, -0.25) is 4.79 Å². The average molecular weight is 317 g/mol. The van der Waals surface area contributed by atoms with Crippen LogP contribution in [-0.2, 0) is 11.3 Å². The summed E-state index contributed by atoms with van der Waals surface area (Å²) in [4.78, 5) is 25.5. The van der Waals surface area contributed by atoms with Crippen molar-refractivity contribution in [2.45, 2.75) is 25.8 Å². The van der Waals surface area contributed by atoms with Gasteiger partial charge < -0.3 is 15.3 Å². The van der Waals surface area contributed by atoms with Crippen LogP contribution in [0.25, 0.3) is 0 Å². The minimum Gasteiger partial charge on any atom is -0.481 e. The van der Waals surface area contributed by atoms with Crippen molar-refractivity contribution < 1.29 is 14.7 Å². The van der Waals surface area contributed by atoms with Crippen molar-refractivity contribution in [2.24, 2.45) is 5.92 Å². The fraction of sp³-hybridized carbons (Fsp3) is 0.538. The van der Waals surface area contributed by atoms with E-state index in [0.29, 0.717) is 24.0 Å². The lowest BCUT2D eigenvalue weighted by molar-refractivity contribution is -0.138. The zero-order valence-corrected chi connectivity index (χ0v) is 12.5. The Morgan fingerprint density at radius 3 is 2.95 bits per heavy atom. The molecule has 0 spiro atoms. The minimum atomic E-state index is -0.800. The number of hydrogen-bond acceptors (Lipinski definition) is 3. The van der Waals surface area contributed by atoms with Gasteiger partial charge in [-0.15, -0.1) is 11.3 Å². The first kappa shape index (κ1) is 15.1. The molecule has 0 bridgehead atoms. The fourth-order valence-corrected chi connectivity index (χ4v) is 3.41. The molecule has 1 aromatic rings. The number of amides is 2. The maximum absolute atomic E-state index is 12.0. The molecule has 1 unspecified atom stereocenters. The molecule has 2 N–H and O–H groups in total. The molecule has 2 heterocycles. The molecule has 1 fully saturated rings. The zero-order valence-electron chi connectivity index (χ0n) is 11.0. The first-order chi connectivity index (χ1) is 9.54. The van der Waals surface area contributed by atoms with Crippen LogP contribution in [0.15, 0.2) is 12.1 Å². The first-order valence-electron chi connectivity index (χ1n) is 6.53. The second-order valence-electron chi connectivity index (χ2n) is 4.92. The first-order valence-corrected chi connectivity index (χ1v) is 7.73. The Bertz CT molecular complexity index is 492. The van der Waals surface area contributed by atoms with E-state index >= 15 is 0 Å². The van der Waals surface area contributed by atoms with Gasteiger partial charge in [0.2, 0.25) is 0 Å². The Hall–Kier alpha value is -1.27. The van der Waals surface area contributed by atoms with Crippen LogP contribution >= 0.6 is 22.9 Å². The summed E-state index contributed by atoms with van der Waals surface area (Å²) in [6.45, 7) is 1.66. The quantitative estimate of drug-likeness (QED) is 0.897. The lowest BCUT2D eigenvalue weighted by Gasteiger charge is -2.32. The summed E-state index contributed by atoms with van der Waals surface area (Å²) in [5.41, 5.74) is 0. The Balaban J connectivity index is 1.81. The Morgan fingerprint density at radius 2 is 2.30 bits per heavy atom. The molecule has 110 valence electrons. The standard InChI is InChI=1S/C13H17ClN2O3S/c14-11-4-3-10(20-11)7-15-13(19)16-5-1-2-9(8-16)6-12(17)18/h3-4,9H,1-2,5-8H2,(H,15,19)(H,17,18). The van der Waals surface area contributed by atoms with E-state index in [2.05, 4.69) is 5.32 Å². The van der Waals surface area contributed by atoms with Gasteiger partial charge >= 0.3 is 12.0 Å². The van der Waals surface area contributed by atoms with Gasteiger partial charge in [0.1, 0.15) is 0 Å². The number of rotatable bonds is 4. The number of piperidine rings is 1. The summed E-state index contributed by atoms with van der Waals surface area (Å²) in [7, 11) is 0. The van der Waals surface area contributed by atoms with Gasteiger partial charge in [-0.1, -0.05) is 11.6 Å². The monoisotopic (exact) mass is 316 g/mol. The van der Waals surface area contributed by atoms with Gasteiger partial charge in [0.25, 0.3) is 0 Å². The molecule has 2 amide bonds. The number of halogens is 1. The molecule has 0 aromatic carbocycles. The van der Waals surface area contributed by atoms with Gasteiger partial charge in [-0.05, 0) is 30.9 Å². The van der Waals surface area contributed by atoms with E-state index in [9.17, 15) is 9.59 Å². The number of hydrogen-bond donors (Lipinski definition) is 2. The van der Waals surface area contributed by atoms with Crippen LogP contribution in [0.1, 0.15) is 24.1 Å². The van der Waals surface area contributed by atoms with Crippen molar-refractivity contribution >= 4 is 34.9 Å². The molecular formula is C13H17ClN2O3S. The third-order valence-corrected chi connectivity index (χ3v) is 4.54. The smallest absolute Gasteiger partial charge is 0.317 e. The number of carbonyl (C=O) groups is 2. The van der Waals surface area contributed by atoms with Crippen molar-refractivity contribution in [3.63, 3.8) is 0 Å². The molecule has 7 heteroatoms. The molecule has 1 aromatic heterocycles. The number of carboxylic acid groups (broad SMARTS) is 1. The Morgan fingerprint density at radius 1 is 1.50 bits per heavy atom. The lowest BCUT2D eigenvalue weighted by Crippen LogP contribution is -2.45. The number of nitrogens with one attached hydrogen (secondary N) is 1. The highest BCUT2D eigenvalue weighted by Crippen LogP contribution is 2.22. The van der Waals surface area contributed by atoms with Crippen LogP contribution < -0.4 is 5.32 Å². The largest absolute Gasteiger partial charge is 0.481 e. The van der Waals surface area contributed by atoms with Crippen LogP contribution in [0.5, 0.6) is 0 Å². The van der Waals surface area contributed by atoms with Crippen LogP contribution in [0.2, 0.25) is 4.34 Å². The van der Waals surface area contributed by atoms with Crippen LogP contribution in [0.4, 0.5) is 4.79 Å². The fourth-order valence-electron chi connectivity index (χ4n) is 2.38. The molecule has 0 saturated carbocycles. The number of urea groups is 1. The molecule has 5 nitrogen and oxygen atoms in total. The van der Waals surface area contributed by atoms with E-state index < -0.39 is 5.97 Å². The number of carboxylic acids is 1. The average Bonchev–Trinajstić information content (AvgIpc) is 2.81. The van der Waals surface area contributed by atoms with E-state index in [1.165, 1.54) is 11.3 Å². The third-order valence-electron chi connectivity index (χ3n) is 3.31. The predicted molar refractivity (Wildman–Crippen MR) is 78.1 cm³/mol. The summed E-state index contributed by atoms with van der Waals surface area (Å²) < 4.78 is 0.703. The molecule has 1 saturated heterocycles. The number of likely N-dealkylation sites (tertiary alicyclic amines) is 1.